The van der Waals surface area contributed by atoms with Crippen LogP contribution in [0.3, 0.4) is 0 Å². The van der Waals surface area contributed by atoms with Gasteiger partial charge in [-0.05, 0) is 24.8 Å². The number of nitrogen functional groups attached to an aromatic ring is 1. The van der Waals surface area contributed by atoms with E-state index in [9.17, 15) is 5.26 Å². The van der Waals surface area contributed by atoms with Gasteiger partial charge in [-0.2, -0.15) is 5.26 Å². The lowest BCUT2D eigenvalue weighted by Crippen LogP contribution is -2.36. The quantitative estimate of drug-likeness (QED) is 0.940. The Morgan fingerprint density at radius 2 is 2.32 bits per heavy atom. The van der Waals surface area contributed by atoms with E-state index in [-0.39, 0.29) is 0 Å². The Labute approximate surface area is 130 Å². The summed E-state index contributed by atoms with van der Waals surface area (Å²) in [5.74, 6) is 2.53. The van der Waals surface area contributed by atoms with E-state index in [0.717, 1.165) is 31.2 Å². The SMILES string of the molecule is C[C@H]1CCCN(c2c(N)cc(C#N)n2Cc2nccn2C)C1. The van der Waals surface area contributed by atoms with Crippen molar-refractivity contribution in [1.82, 2.24) is 14.1 Å². The number of anilines is 2. The minimum atomic E-state index is 0.559. The van der Waals surface area contributed by atoms with Gasteiger partial charge in [0.2, 0.25) is 0 Å². The molecule has 2 N–H and O–H groups in total. The Kier molecular flexibility index (Phi) is 3.80. The van der Waals surface area contributed by atoms with Gasteiger partial charge >= 0.3 is 0 Å². The molecular formula is C16H22N6. The van der Waals surface area contributed by atoms with Crippen molar-refractivity contribution in [1.29, 1.82) is 5.26 Å². The van der Waals surface area contributed by atoms with Crippen molar-refractivity contribution in [3.8, 4) is 6.07 Å². The average molecular weight is 298 g/mol. The second-order valence-electron chi connectivity index (χ2n) is 6.15. The van der Waals surface area contributed by atoms with Crippen LogP contribution in [0, 0.1) is 17.2 Å². The third kappa shape index (κ3) is 2.54. The maximum Gasteiger partial charge on any atom is 0.133 e. The minimum absolute atomic E-state index is 0.559. The molecule has 1 aliphatic rings. The number of nitrogens with two attached hydrogens (primary N) is 1. The zero-order chi connectivity index (χ0) is 15.7. The van der Waals surface area contributed by atoms with E-state index in [2.05, 4.69) is 22.9 Å². The first kappa shape index (κ1) is 14.5. The molecule has 2 aromatic heterocycles. The van der Waals surface area contributed by atoms with Gasteiger partial charge < -0.3 is 19.8 Å². The topological polar surface area (TPSA) is 75.8 Å². The number of aryl methyl sites for hydroxylation is 1. The van der Waals surface area contributed by atoms with Crippen LogP contribution in [0.2, 0.25) is 0 Å². The minimum Gasteiger partial charge on any atom is -0.396 e. The van der Waals surface area contributed by atoms with Crippen molar-refractivity contribution in [3.63, 3.8) is 0 Å². The van der Waals surface area contributed by atoms with Crippen molar-refractivity contribution in [3.05, 3.63) is 30.0 Å². The summed E-state index contributed by atoms with van der Waals surface area (Å²) < 4.78 is 3.97. The molecule has 6 heteroatoms. The predicted molar refractivity (Wildman–Crippen MR) is 86.5 cm³/mol. The smallest absolute Gasteiger partial charge is 0.133 e. The number of piperidine rings is 1. The summed E-state index contributed by atoms with van der Waals surface area (Å²) in [5, 5.41) is 9.43. The monoisotopic (exact) mass is 298 g/mol. The molecule has 116 valence electrons. The molecule has 2 aromatic rings. The molecule has 3 rings (SSSR count). The highest BCUT2D eigenvalue weighted by atomic mass is 15.3. The first-order valence-corrected chi connectivity index (χ1v) is 7.70. The fraction of sp³-hybridized carbons (Fsp3) is 0.500. The van der Waals surface area contributed by atoms with E-state index >= 15 is 0 Å². The van der Waals surface area contributed by atoms with Crippen LogP contribution in [0.1, 0.15) is 31.3 Å². The zero-order valence-corrected chi connectivity index (χ0v) is 13.2. The summed E-state index contributed by atoms with van der Waals surface area (Å²) >= 11 is 0. The van der Waals surface area contributed by atoms with E-state index in [4.69, 9.17) is 5.73 Å². The normalized spacial score (nSPS) is 18.4. The molecule has 0 spiro atoms. The van der Waals surface area contributed by atoms with Gasteiger partial charge in [0, 0.05) is 32.5 Å². The number of nitriles is 1. The van der Waals surface area contributed by atoms with Crippen LogP contribution in [-0.2, 0) is 13.6 Å². The summed E-state index contributed by atoms with van der Waals surface area (Å²) in [5.41, 5.74) is 7.49. The molecule has 0 aliphatic carbocycles. The highest BCUT2D eigenvalue weighted by Crippen LogP contribution is 2.31. The number of hydrogen-bond donors (Lipinski definition) is 1. The molecule has 1 aliphatic heterocycles. The van der Waals surface area contributed by atoms with Gasteiger partial charge in [-0.1, -0.05) is 6.92 Å². The lowest BCUT2D eigenvalue weighted by Gasteiger charge is -2.33. The molecule has 0 radical (unpaired) electrons. The average Bonchev–Trinajstić information content (AvgIpc) is 3.03. The third-order valence-corrected chi connectivity index (χ3v) is 4.39. The fourth-order valence-electron chi connectivity index (χ4n) is 3.24. The summed E-state index contributed by atoms with van der Waals surface area (Å²) in [6.45, 7) is 4.80. The van der Waals surface area contributed by atoms with Gasteiger partial charge in [-0.3, -0.25) is 0 Å². The fourth-order valence-corrected chi connectivity index (χ4v) is 3.24. The molecule has 0 unspecified atom stereocenters. The summed E-state index contributed by atoms with van der Waals surface area (Å²) in [6.07, 6.45) is 6.10. The van der Waals surface area contributed by atoms with Crippen LogP contribution in [0.5, 0.6) is 0 Å². The number of imidazole rings is 1. The maximum atomic E-state index is 9.43. The molecule has 1 fully saturated rings. The highest BCUT2D eigenvalue weighted by Gasteiger charge is 2.24. The van der Waals surface area contributed by atoms with Gasteiger partial charge in [0.25, 0.3) is 0 Å². The zero-order valence-electron chi connectivity index (χ0n) is 13.2. The van der Waals surface area contributed by atoms with Gasteiger partial charge in [-0.15, -0.1) is 0 Å². The molecule has 1 saturated heterocycles. The van der Waals surface area contributed by atoms with Crippen LogP contribution in [0.4, 0.5) is 11.5 Å². The molecule has 6 nitrogen and oxygen atoms in total. The van der Waals surface area contributed by atoms with E-state index < -0.39 is 0 Å². The van der Waals surface area contributed by atoms with E-state index in [1.54, 1.807) is 12.3 Å². The second kappa shape index (κ2) is 5.76. The third-order valence-electron chi connectivity index (χ3n) is 4.39. The molecule has 0 bridgehead atoms. The first-order chi connectivity index (χ1) is 10.6. The molecule has 0 amide bonds. The van der Waals surface area contributed by atoms with Gasteiger partial charge in [-0.25, -0.2) is 4.98 Å². The van der Waals surface area contributed by atoms with Crippen molar-refractivity contribution in [2.75, 3.05) is 23.7 Å². The van der Waals surface area contributed by atoms with Crippen LogP contribution in [0.15, 0.2) is 18.5 Å². The van der Waals surface area contributed by atoms with Crippen LogP contribution in [-0.4, -0.2) is 27.2 Å². The molecule has 3 heterocycles. The number of hydrogen-bond acceptors (Lipinski definition) is 4. The second-order valence-corrected chi connectivity index (χ2v) is 6.15. The van der Waals surface area contributed by atoms with E-state index in [1.807, 2.05) is 22.4 Å². The predicted octanol–water partition coefficient (Wildman–Crippen LogP) is 1.96. The molecular weight excluding hydrogens is 276 g/mol. The van der Waals surface area contributed by atoms with Crippen LogP contribution >= 0.6 is 0 Å². The van der Waals surface area contributed by atoms with Crippen LogP contribution < -0.4 is 10.6 Å². The molecule has 1 atom stereocenters. The first-order valence-electron chi connectivity index (χ1n) is 7.70. The Balaban J connectivity index is 2.00. The Bertz CT molecular complexity index is 705. The van der Waals surface area contributed by atoms with Gasteiger partial charge in [0.1, 0.15) is 23.4 Å². The highest BCUT2D eigenvalue weighted by molar-refractivity contribution is 5.68. The van der Waals surface area contributed by atoms with Gasteiger partial charge in [0.05, 0.1) is 12.2 Å². The molecule has 22 heavy (non-hydrogen) atoms. The largest absolute Gasteiger partial charge is 0.396 e. The molecule has 0 aromatic carbocycles. The molecule has 0 saturated carbocycles. The Morgan fingerprint density at radius 3 is 2.95 bits per heavy atom. The van der Waals surface area contributed by atoms with Crippen LogP contribution in [0.25, 0.3) is 0 Å². The van der Waals surface area contributed by atoms with Gasteiger partial charge in [0.15, 0.2) is 0 Å². The Morgan fingerprint density at radius 1 is 1.50 bits per heavy atom. The van der Waals surface area contributed by atoms with Crippen molar-refractivity contribution in [2.45, 2.75) is 26.3 Å². The van der Waals surface area contributed by atoms with Crippen molar-refractivity contribution in [2.24, 2.45) is 13.0 Å². The number of rotatable bonds is 3. The lowest BCUT2D eigenvalue weighted by molar-refractivity contribution is 0.441. The maximum absolute atomic E-state index is 9.43. The summed E-state index contributed by atoms with van der Waals surface area (Å²) in [6, 6.07) is 4.03. The number of nitrogens with zero attached hydrogens (tertiary/aromatic N) is 5. The summed E-state index contributed by atoms with van der Waals surface area (Å²) in [4.78, 5) is 6.68. The summed E-state index contributed by atoms with van der Waals surface area (Å²) in [7, 11) is 1.96. The van der Waals surface area contributed by atoms with Crippen molar-refractivity contribution < 1.29 is 0 Å². The number of aromatic nitrogens is 3. The van der Waals surface area contributed by atoms with Crippen molar-refractivity contribution >= 4 is 11.5 Å². The van der Waals surface area contributed by atoms with E-state index in [0.29, 0.717) is 23.8 Å². The standard InChI is InChI=1S/C16H22N6/c1-12-4-3-6-21(10-12)16-14(18)8-13(9-17)22(16)11-15-19-5-7-20(15)2/h5,7-8,12H,3-4,6,10-11,18H2,1-2H3/t12-/m0/s1. The lowest BCUT2D eigenvalue weighted by atomic mass is 10.0. The Hall–Kier alpha value is -2.42. The van der Waals surface area contributed by atoms with E-state index in [1.165, 1.54) is 6.42 Å².